The Morgan fingerprint density at radius 1 is 1.00 bits per heavy atom. The van der Waals surface area contributed by atoms with Gasteiger partial charge in [0.25, 0.3) is 0 Å². The quantitative estimate of drug-likeness (QED) is 0.817. The molecule has 2 aromatic rings. The van der Waals surface area contributed by atoms with Gasteiger partial charge in [0.15, 0.2) is 0 Å². The van der Waals surface area contributed by atoms with E-state index in [0.717, 1.165) is 17.9 Å². The number of nitrogens with one attached hydrogen (secondary N) is 2. The van der Waals surface area contributed by atoms with Gasteiger partial charge in [-0.05, 0) is 48.2 Å². The first-order valence-electron chi connectivity index (χ1n) is 6.42. The summed E-state index contributed by atoms with van der Waals surface area (Å²) in [5.41, 5.74) is 3.09. The molecule has 0 saturated heterocycles. The second-order valence-corrected chi connectivity index (χ2v) is 5.34. The van der Waals surface area contributed by atoms with Crippen LogP contribution in [0.4, 0.5) is 11.4 Å². The summed E-state index contributed by atoms with van der Waals surface area (Å²) in [7, 11) is 0. The van der Waals surface area contributed by atoms with E-state index in [9.17, 15) is 4.79 Å². The van der Waals surface area contributed by atoms with Crippen molar-refractivity contribution < 1.29 is 4.79 Å². The smallest absolute Gasteiger partial charge is 0.221 e. The van der Waals surface area contributed by atoms with E-state index in [-0.39, 0.29) is 5.91 Å². The third-order valence-corrected chi connectivity index (χ3v) is 3.60. The van der Waals surface area contributed by atoms with Gasteiger partial charge in [0.1, 0.15) is 0 Å². The van der Waals surface area contributed by atoms with E-state index in [1.165, 1.54) is 17.4 Å². The molecule has 0 spiro atoms. The van der Waals surface area contributed by atoms with Gasteiger partial charge < -0.3 is 10.6 Å². The summed E-state index contributed by atoms with van der Waals surface area (Å²) in [4.78, 5) is 12.2. The van der Waals surface area contributed by atoms with E-state index < -0.39 is 0 Å². The van der Waals surface area contributed by atoms with Gasteiger partial charge in [-0.25, -0.2) is 0 Å². The van der Waals surface area contributed by atoms with Crippen molar-refractivity contribution in [1.29, 1.82) is 0 Å². The molecule has 0 aromatic heterocycles. The monoisotopic (exact) mass is 286 g/mol. The fourth-order valence-electron chi connectivity index (χ4n) is 1.82. The van der Waals surface area contributed by atoms with Crippen molar-refractivity contribution in [3.05, 3.63) is 54.1 Å². The summed E-state index contributed by atoms with van der Waals surface area (Å²) in [6, 6.07) is 16.2. The zero-order valence-electron chi connectivity index (χ0n) is 11.6. The highest BCUT2D eigenvalue weighted by atomic mass is 32.2. The van der Waals surface area contributed by atoms with Crippen molar-refractivity contribution >= 4 is 29.0 Å². The van der Waals surface area contributed by atoms with Crippen LogP contribution >= 0.6 is 11.8 Å². The molecule has 3 nitrogen and oxygen atoms in total. The third kappa shape index (κ3) is 4.31. The van der Waals surface area contributed by atoms with Gasteiger partial charge in [-0.1, -0.05) is 12.1 Å². The van der Waals surface area contributed by atoms with Gasteiger partial charge in [-0.3, -0.25) is 4.79 Å². The van der Waals surface area contributed by atoms with Crippen LogP contribution in [0.25, 0.3) is 0 Å². The molecule has 4 heteroatoms. The number of hydrogen-bond acceptors (Lipinski definition) is 3. The SMILES string of the molecule is CSc1ccc(CNc2ccc(NC(C)=O)cc2)cc1. The van der Waals surface area contributed by atoms with Crippen molar-refractivity contribution in [3.63, 3.8) is 0 Å². The predicted octanol–water partition coefficient (Wildman–Crippen LogP) is 3.98. The Balaban J connectivity index is 1.91. The summed E-state index contributed by atoms with van der Waals surface area (Å²) in [5, 5.41) is 6.11. The van der Waals surface area contributed by atoms with E-state index in [0.29, 0.717) is 0 Å². The first kappa shape index (κ1) is 14.5. The standard InChI is InChI=1S/C16H18N2OS/c1-12(19)18-15-7-5-14(6-8-15)17-11-13-3-9-16(20-2)10-4-13/h3-10,17H,11H2,1-2H3,(H,18,19). The molecular weight excluding hydrogens is 268 g/mol. The fourth-order valence-corrected chi connectivity index (χ4v) is 2.23. The Kier molecular flexibility index (Phi) is 5.07. The number of carbonyl (C=O) groups is 1. The number of benzene rings is 2. The summed E-state index contributed by atoms with van der Waals surface area (Å²) in [6.07, 6.45) is 2.07. The Morgan fingerprint density at radius 3 is 2.15 bits per heavy atom. The molecule has 0 radical (unpaired) electrons. The molecule has 0 fully saturated rings. The molecule has 0 bridgehead atoms. The van der Waals surface area contributed by atoms with Gasteiger partial charge in [-0.15, -0.1) is 11.8 Å². The lowest BCUT2D eigenvalue weighted by molar-refractivity contribution is -0.114. The minimum atomic E-state index is -0.0559. The Bertz CT molecular complexity index is 564. The van der Waals surface area contributed by atoms with Crippen LogP contribution in [-0.4, -0.2) is 12.2 Å². The lowest BCUT2D eigenvalue weighted by atomic mass is 10.2. The number of thioether (sulfide) groups is 1. The molecule has 0 heterocycles. The molecule has 0 saturated carbocycles. The van der Waals surface area contributed by atoms with E-state index >= 15 is 0 Å². The first-order chi connectivity index (χ1) is 9.67. The van der Waals surface area contributed by atoms with Crippen molar-refractivity contribution in [2.45, 2.75) is 18.4 Å². The molecule has 104 valence electrons. The molecule has 2 aromatic carbocycles. The molecule has 1 amide bonds. The summed E-state index contributed by atoms with van der Waals surface area (Å²) < 4.78 is 0. The van der Waals surface area contributed by atoms with Crippen LogP contribution in [0.2, 0.25) is 0 Å². The van der Waals surface area contributed by atoms with Crippen molar-refractivity contribution in [2.24, 2.45) is 0 Å². The number of hydrogen-bond donors (Lipinski definition) is 2. The molecule has 2 rings (SSSR count). The minimum absolute atomic E-state index is 0.0559. The van der Waals surface area contributed by atoms with E-state index in [4.69, 9.17) is 0 Å². The number of rotatable bonds is 5. The van der Waals surface area contributed by atoms with Gasteiger partial charge in [0.2, 0.25) is 5.91 Å². The Morgan fingerprint density at radius 2 is 1.60 bits per heavy atom. The maximum Gasteiger partial charge on any atom is 0.221 e. The predicted molar refractivity (Wildman–Crippen MR) is 86.3 cm³/mol. The van der Waals surface area contributed by atoms with Crippen molar-refractivity contribution in [1.82, 2.24) is 0 Å². The molecule has 0 unspecified atom stereocenters. The van der Waals surface area contributed by atoms with Crippen LogP contribution in [0.5, 0.6) is 0 Å². The Hall–Kier alpha value is -1.94. The molecule has 0 aliphatic carbocycles. The zero-order chi connectivity index (χ0) is 14.4. The van der Waals surface area contributed by atoms with Gasteiger partial charge in [0.05, 0.1) is 0 Å². The number of carbonyl (C=O) groups excluding carboxylic acids is 1. The average Bonchev–Trinajstić information content (AvgIpc) is 2.46. The molecule has 0 aliphatic heterocycles. The van der Waals surface area contributed by atoms with Crippen LogP contribution in [0.1, 0.15) is 12.5 Å². The second kappa shape index (κ2) is 7.01. The van der Waals surface area contributed by atoms with Crippen LogP contribution in [0.15, 0.2) is 53.4 Å². The number of amides is 1. The maximum absolute atomic E-state index is 10.9. The van der Waals surface area contributed by atoms with Crippen molar-refractivity contribution in [3.8, 4) is 0 Å². The van der Waals surface area contributed by atoms with Crippen LogP contribution < -0.4 is 10.6 Å². The Labute approximate surface area is 123 Å². The normalized spacial score (nSPS) is 10.1. The second-order valence-electron chi connectivity index (χ2n) is 4.46. The highest BCUT2D eigenvalue weighted by Gasteiger charge is 1.97. The minimum Gasteiger partial charge on any atom is -0.381 e. The largest absolute Gasteiger partial charge is 0.381 e. The zero-order valence-corrected chi connectivity index (χ0v) is 12.5. The number of anilines is 2. The van der Waals surface area contributed by atoms with E-state index in [2.05, 4.69) is 41.2 Å². The molecular formula is C16H18N2OS. The fraction of sp³-hybridized carbons (Fsp3) is 0.188. The summed E-state index contributed by atoms with van der Waals surface area (Å²) >= 11 is 1.74. The van der Waals surface area contributed by atoms with Crippen LogP contribution in [0, 0.1) is 0 Å². The van der Waals surface area contributed by atoms with Gasteiger partial charge >= 0.3 is 0 Å². The third-order valence-electron chi connectivity index (χ3n) is 2.86. The van der Waals surface area contributed by atoms with Crippen LogP contribution in [-0.2, 0) is 11.3 Å². The molecule has 2 N–H and O–H groups in total. The summed E-state index contributed by atoms with van der Waals surface area (Å²) in [6.45, 7) is 2.29. The maximum atomic E-state index is 10.9. The summed E-state index contributed by atoms with van der Waals surface area (Å²) in [5.74, 6) is -0.0559. The van der Waals surface area contributed by atoms with Gasteiger partial charge in [0, 0.05) is 29.7 Å². The molecule has 0 aliphatic rings. The van der Waals surface area contributed by atoms with Crippen LogP contribution in [0.3, 0.4) is 0 Å². The highest BCUT2D eigenvalue weighted by molar-refractivity contribution is 7.98. The van der Waals surface area contributed by atoms with E-state index in [1.54, 1.807) is 11.8 Å². The van der Waals surface area contributed by atoms with Crippen molar-refractivity contribution in [2.75, 3.05) is 16.9 Å². The highest BCUT2D eigenvalue weighted by Crippen LogP contribution is 2.17. The van der Waals surface area contributed by atoms with E-state index in [1.807, 2.05) is 24.3 Å². The first-order valence-corrected chi connectivity index (χ1v) is 7.64. The lowest BCUT2D eigenvalue weighted by Crippen LogP contribution is -2.05. The lowest BCUT2D eigenvalue weighted by Gasteiger charge is -2.08. The average molecular weight is 286 g/mol. The topological polar surface area (TPSA) is 41.1 Å². The molecule has 0 atom stereocenters. The molecule has 20 heavy (non-hydrogen) atoms. The van der Waals surface area contributed by atoms with Gasteiger partial charge in [-0.2, -0.15) is 0 Å².